The van der Waals surface area contributed by atoms with Crippen LogP contribution in [0, 0.1) is 5.92 Å². The van der Waals surface area contributed by atoms with Gasteiger partial charge in [-0.15, -0.1) is 0 Å². The van der Waals surface area contributed by atoms with Crippen molar-refractivity contribution in [3.63, 3.8) is 0 Å². The van der Waals surface area contributed by atoms with Crippen molar-refractivity contribution in [2.45, 2.75) is 58.5 Å². The molecule has 5 rings (SSSR count). The van der Waals surface area contributed by atoms with Crippen LogP contribution in [-0.2, 0) is 25.9 Å². The summed E-state index contributed by atoms with van der Waals surface area (Å²) in [5, 5.41) is 1.35. The van der Waals surface area contributed by atoms with Crippen LogP contribution < -0.4 is 0 Å². The molecule has 0 unspecified atom stereocenters. The minimum Gasteiger partial charge on any atom is -0.361 e. The fourth-order valence-corrected chi connectivity index (χ4v) is 4.15. The average Bonchev–Trinajstić information content (AvgIpc) is 3.40. The molecule has 0 radical (unpaired) electrons. The molecule has 0 spiro atoms. The molecule has 1 fully saturated rings. The van der Waals surface area contributed by atoms with Crippen molar-refractivity contribution >= 4 is 10.9 Å². The molecular weight excluding hydrogens is 332 g/mol. The molecule has 1 saturated carbocycles. The largest absolute Gasteiger partial charge is 0.361 e. The number of fused-ring (bicyclic) bond motifs is 2. The molecule has 140 valence electrons. The third-order valence-corrected chi connectivity index (χ3v) is 6.10. The summed E-state index contributed by atoms with van der Waals surface area (Å²) in [6.45, 7) is 7.48. The maximum absolute atomic E-state index is 4.91. The monoisotopic (exact) mass is 360 g/mol. The average molecular weight is 361 g/mol. The molecule has 0 saturated heterocycles. The fourth-order valence-electron chi connectivity index (χ4n) is 4.15. The number of nitrogens with zero attached hydrogens (tertiary/aromatic N) is 3. The normalized spacial score (nSPS) is 17.6. The van der Waals surface area contributed by atoms with Crippen LogP contribution >= 0.6 is 0 Å². The molecule has 1 aliphatic heterocycles. The molecule has 0 bridgehead atoms. The van der Waals surface area contributed by atoms with Crippen molar-refractivity contribution in [1.29, 1.82) is 0 Å². The second kappa shape index (κ2) is 6.75. The molecule has 3 aromatic rings. The Kier molecular flexibility index (Phi) is 4.24. The Morgan fingerprint density at radius 1 is 1.26 bits per heavy atom. The molecule has 2 aliphatic rings. The Bertz CT molecular complexity index is 968. The third kappa shape index (κ3) is 3.51. The Balaban J connectivity index is 1.34. The lowest BCUT2D eigenvalue weighted by molar-refractivity contribution is 0.241. The highest BCUT2D eigenvalue weighted by atomic mass is 15.1. The first-order valence-electron chi connectivity index (χ1n) is 10.3. The van der Waals surface area contributed by atoms with Gasteiger partial charge in [-0.25, -0.2) is 9.97 Å². The Labute approximate surface area is 161 Å². The number of aromatic nitrogens is 3. The number of benzene rings is 1. The molecule has 0 atom stereocenters. The van der Waals surface area contributed by atoms with Gasteiger partial charge in [0.15, 0.2) is 0 Å². The zero-order chi connectivity index (χ0) is 18.4. The van der Waals surface area contributed by atoms with Gasteiger partial charge in [0.2, 0.25) is 0 Å². The Hall–Kier alpha value is -2.20. The quantitative estimate of drug-likeness (QED) is 0.724. The van der Waals surface area contributed by atoms with E-state index in [-0.39, 0.29) is 0 Å². The number of hydrogen-bond acceptors (Lipinski definition) is 3. The number of nitrogens with one attached hydrogen (secondary N) is 1. The van der Waals surface area contributed by atoms with E-state index in [1.165, 1.54) is 46.1 Å². The minimum atomic E-state index is 0.560. The summed E-state index contributed by atoms with van der Waals surface area (Å²) >= 11 is 0. The Morgan fingerprint density at radius 3 is 2.96 bits per heavy atom. The zero-order valence-electron chi connectivity index (χ0n) is 16.3. The van der Waals surface area contributed by atoms with E-state index in [9.17, 15) is 0 Å². The summed E-state index contributed by atoms with van der Waals surface area (Å²) in [5.74, 6) is 2.44. The summed E-state index contributed by atoms with van der Waals surface area (Å²) in [6.07, 6.45) is 9.09. The summed E-state index contributed by atoms with van der Waals surface area (Å²) in [5.41, 5.74) is 6.61. The molecule has 1 N–H and O–H groups in total. The maximum atomic E-state index is 4.91. The number of hydrogen-bond donors (Lipinski definition) is 1. The SMILES string of the molecule is CC(C)c1ccc2c(CN3CCc4cnc(CC5CC5)nc4C3)c[nH]c2c1. The lowest BCUT2D eigenvalue weighted by Crippen LogP contribution is -2.31. The summed E-state index contributed by atoms with van der Waals surface area (Å²) in [6, 6.07) is 6.85. The number of rotatable bonds is 5. The second-order valence-electron chi connectivity index (χ2n) is 8.64. The van der Waals surface area contributed by atoms with E-state index in [0.29, 0.717) is 5.92 Å². The van der Waals surface area contributed by atoms with E-state index < -0.39 is 0 Å². The van der Waals surface area contributed by atoms with Crippen LogP contribution in [0.25, 0.3) is 10.9 Å². The molecule has 0 amide bonds. The lowest BCUT2D eigenvalue weighted by atomic mass is 10.0. The first-order chi connectivity index (χ1) is 13.2. The predicted molar refractivity (Wildman–Crippen MR) is 109 cm³/mol. The van der Waals surface area contributed by atoms with Gasteiger partial charge in [-0.3, -0.25) is 4.90 Å². The van der Waals surface area contributed by atoms with Crippen LogP contribution in [0.4, 0.5) is 0 Å². The Morgan fingerprint density at radius 2 is 2.15 bits per heavy atom. The van der Waals surface area contributed by atoms with E-state index in [1.807, 2.05) is 0 Å². The maximum Gasteiger partial charge on any atom is 0.128 e. The van der Waals surface area contributed by atoms with Gasteiger partial charge in [-0.2, -0.15) is 0 Å². The van der Waals surface area contributed by atoms with Crippen LogP contribution in [-0.4, -0.2) is 26.4 Å². The van der Waals surface area contributed by atoms with Gasteiger partial charge in [0.25, 0.3) is 0 Å². The number of H-pyrrole nitrogens is 1. The molecule has 4 heteroatoms. The van der Waals surface area contributed by atoms with Crippen molar-refractivity contribution in [3.8, 4) is 0 Å². The highest BCUT2D eigenvalue weighted by molar-refractivity contribution is 5.83. The van der Waals surface area contributed by atoms with E-state index in [4.69, 9.17) is 4.98 Å². The minimum absolute atomic E-state index is 0.560. The molecular formula is C23H28N4. The highest BCUT2D eigenvalue weighted by Crippen LogP contribution is 2.32. The second-order valence-corrected chi connectivity index (χ2v) is 8.64. The van der Waals surface area contributed by atoms with Gasteiger partial charge in [0.1, 0.15) is 5.82 Å². The topological polar surface area (TPSA) is 44.8 Å². The van der Waals surface area contributed by atoms with Gasteiger partial charge in [0.05, 0.1) is 5.69 Å². The fraction of sp³-hybridized carbons (Fsp3) is 0.478. The molecule has 27 heavy (non-hydrogen) atoms. The molecule has 2 aromatic heterocycles. The first-order valence-corrected chi connectivity index (χ1v) is 10.3. The highest BCUT2D eigenvalue weighted by Gasteiger charge is 2.24. The molecule has 1 aromatic carbocycles. The van der Waals surface area contributed by atoms with Crippen LogP contribution in [0.2, 0.25) is 0 Å². The summed E-state index contributed by atoms with van der Waals surface area (Å²) in [4.78, 5) is 15.5. The predicted octanol–water partition coefficient (Wildman–Crippen LogP) is 4.59. The van der Waals surface area contributed by atoms with Crippen LogP contribution in [0.3, 0.4) is 0 Å². The van der Waals surface area contributed by atoms with E-state index in [0.717, 1.165) is 44.2 Å². The molecule has 1 aliphatic carbocycles. The molecule has 4 nitrogen and oxygen atoms in total. The van der Waals surface area contributed by atoms with Crippen molar-refractivity contribution in [3.05, 3.63) is 58.8 Å². The van der Waals surface area contributed by atoms with Crippen molar-refractivity contribution < 1.29 is 0 Å². The van der Waals surface area contributed by atoms with Crippen molar-refractivity contribution in [2.24, 2.45) is 5.92 Å². The van der Waals surface area contributed by atoms with Gasteiger partial charge in [-0.1, -0.05) is 26.0 Å². The van der Waals surface area contributed by atoms with Crippen molar-refractivity contribution in [1.82, 2.24) is 19.9 Å². The smallest absolute Gasteiger partial charge is 0.128 e. The van der Waals surface area contributed by atoms with E-state index in [2.05, 4.69) is 59.3 Å². The lowest BCUT2D eigenvalue weighted by Gasteiger charge is -2.27. The van der Waals surface area contributed by atoms with Gasteiger partial charge < -0.3 is 4.98 Å². The zero-order valence-corrected chi connectivity index (χ0v) is 16.3. The van der Waals surface area contributed by atoms with Gasteiger partial charge in [0, 0.05) is 49.4 Å². The van der Waals surface area contributed by atoms with Crippen molar-refractivity contribution in [2.75, 3.05) is 6.54 Å². The van der Waals surface area contributed by atoms with E-state index >= 15 is 0 Å². The first kappa shape index (κ1) is 16.9. The van der Waals surface area contributed by atoms with Gasteiger partial charge in [-0.05, 0) is 53.9 Å². The number of aromatic amines is 1. The van der Waals surface area contributed by atoms with E-state index in [1.54, 1.807) is 0 Å². The summed E-state index contributed by atoms with van der Waals surface area (Å²) in [7, 11) is 0. The van der Waals surface area contributed by atoms with Crippen LogP contribution in [0.15, 0.2) is 30.6 Å². The third-order valence-electron chi connectivity index (χ3n) is 6.10. The standard InChI is InChI=1S/C23H28N4/c1-15(2)17-5-6-20-19(12-24-21(20)10-17)13-27-8-7-18-11-25-23(9-16-3-4-16)26-22(18)14-27/h5-6,10-12,15-16,24H,3-4,7-9,13-14H2,1-2H3. The van der Waals surface area contributed by atoms with Crippen LogP contribution in [0.1, 0.15) is 60.8 Å². The van der Waals surface area contributed by atoms with Crippen LogP contribution in [0.5, 0.6) is 0 Å². The summed E-state index contributed by atoms with van der Waals surface area (Å²) < 4.78 is 0. The molecule has 3 heterocycles. The van der Waals surface area contributed by atoms with Gasteiger partial charge >= 0.3 is 0 Å².